The van der Waals surface area contributed by atoms with Crippen LogP contribution in [0.2, 0.25) is 0 Å². The molecule has 1 aliphatic heterocycles. The third-order valence-corrected chi connectivity index (χ3v) is 3.27. The molecule has 16 heavy (non-hydrogen) atoms. The van der Waals surface area contributed by atoms with Gasteiger partial charge in [-0.3, -0.25) is 0 Å². The van der Waals surface area contributed by atoms with Crippen LogP contribution in [0.3, 0.4) is 0 Å². The minimum Gasteiger partial charge on any atom is -0.390 e. The van der Waals surface area contributed by atoms with Crippen LogP contribution in [0, 0.1) is 0 Å². The second-order valence-electron chi connectivity index (χ2n) is 5.60. The molecular weight excluding hydrogens is 200 g/mol. The van der Waals surface area contributed by atoms with Crippen molar-refractivity contribution in [3.8, 4) is 0 Å². The van der Waals surface area contributed by atoms with Crippen LogP contribution in [-0.4, -0.2) is 59.8 Å². The van der Waals surface area contributed by atoms with E-state index in [2.05, 4.69) is 16.7 Å². The molecule has 1 rings (SSSR count). The first kappa shape index (κ1) is 13.9. The largest absolute Gasteiger partial charge is 0.390 e. The average Bonchev–Trinajstić information content (AvgIpc) is 2.19. The van der Waals surface area contributed by atoms with Crippen LogP contribution in [0.25, 0.3) is 0 Å². The van der Waals surface area contributed by atoms with Gasteiger partial charge in [0.2, 0.25) is 0 Å². The van der Waals surface area contributed by atoms with Gasteiger partial charge in [-0.2, -0.15) is 0 Å². The van der Waals surface area contributed by atoms with E-state index in [4.69, 9.17) is 0 Å². The summed E-state index contributed by atoms with van der Waals surface area (Å²) in [5.41, 5.74) is -0.496. The first-order valence-corrected chi connectivity index (χ1v) is 6.68. The fourth-order valence-corrected chi connectivity index (χ4v) is 2.29. The predicted molar refractivity (Wildman–Crippen MR) is 68.7 cm³/mol. The number of hydrogen-bond donors (Lipinski definition) is 1. The van der Waals surface area contributed by atoms with Gasteiger partial charge in [0.05, 0.1) is 5.60 Å². The van der Waals surface area contributed by atoms with Crippen molar-refractivity contribution in [3.05, 3.63) is 0 Å². The maximum absolute atomic E-state index is 9.63. The van der Waals surface area contributed by atoms with Gasteiger partial charge in [0, 0.05) is 26.2 Å². The molecule has 3 nitrogen and oxygen atoms in total. The monoisotopic (exact) mass is 228 g/mol. The molecule has 0 aromatic carbocycles. The number of rotatable bonds is 6. The van der Waals surface area contributed by atoms with Gasteiger partial charge in [-0.1, -0.05) is 6.92 Å². The third-order valence-electron chi connectivity index (χ3n) is 3.27. The quantitative estimate of drug-likeness (QED) is 0.747. The molecule has 0 unspecified atom stereocenters. The lowest BCUT2D eigenvalue weighted by Crippen LogP contribution is -2.46. The summed E-state index contributed by atoms with van der Waals surface area (Å²) in [6, 6.07) is 0. The van der Waals surface area contributed by atoms with E-state index in [9.17, 15) is 5.11 Å². The zero-order valence-corrected chi connectivity index (χ0v) is 11.2. The number of aliphatic hydroxyl groups is 1. The average molecular weight is 228 g/mol. The third kappa shape index (κ3) is 5.83. The summed E-state index contributed by atoms with van der Waals surface area (Å²) in [5, 5.41) is 9.63. The molecule has 0 aromatic heterocycles. The summed E-state index contributed by atoms with van der Waals surface area (Å²) >= 11 is 0. The van der Waals surface area contributed by atoms with Crippen molar-refractivity contribution in [1.29, 1.82) is 0 Å². The molecule has 0 spiro atoms. The van der Waals surface area contributed by atoms with E-state index in [1.165, 1.54) is 39.1 Å². The van der Waals surface area contributed by atoms with E-state index in [0.717, 1.165) is 19.4 Å². The Morgan fingerprint density at radius 3 is 1.94 bits per heavy atom. The summed E-state index contributed by atoms with van der Waals surface area (Å²) in [4.78, 5) is 5.07. The molecule has 3 heteroatoms. The molecule has 0 amide bonds. The SMILES string of the molecule is CCCN1CCN(CCCC(C)(C)O)CC1. The molecule has 0 atom stereocenters. The topological polar surface area (TPSA) is 26.7 Å². The van der Waals surface area contributed by atoms with E-state index < -0.39 is 5.60 Å². The van der Waals surface area contributed by atoms with Crippen molar-refractivity contribution >= 4 is 0 Å². The Kier molecular flexibility index (Phi) is 5.73. The highest BCUT2D eigenvalue weighted by Gasteiger charge is 2.17. The molecule has 96 valence electrons. The van der Waals surface area contributed by atoms with Crippen LogP contribution in [-0.2, 0) is 0 Å². The molecule has 0 radical (unpaired) electrons. The number of nitrogens with zero attached hydrogens (tertiary/aromatic N) is 2. The molecular formula is C13H28N2O. The highest BCUT2D eigenvalue weighted by molar-refractivity contribution is 4.73. The Hall–Kier alpha value is -0.120. The Morgan fingerprint density at radius 2 is 1.50 bits per heavy atom. The smallest absolute Gasteiger partial charge is 0.0592 e. The molecule has 0 saturated carbocycles. The van der Waals surface area contributed by atoms with Crippen molar-refractivity contribution in [2.24, 2.45) is 0 Å². The minimum absolute atomic E-state index is 0.496. The van der Waals surface area contributed by atoms with Crippen LogP contribution in [0.4, 0.5) is 0 Å². The van der Waals surface area contributed by atoms with Crippen LogP contribution in [0.1, 0.15) is 40.0 Å². The van der Waals surface area contributed by atoms with Crippen molar-refractivity contribution < 1.29 is 5.11 Å². The summed E-state index contributed by atoms with van der Waals surface area (Å²) in [6.45, 7) is 13.3. The van der Waals surface area contributed by atoms with Crippen LogP contribution in [0.5, 0.6) is 0 Å². The standard InChI is InChI=1S/C13H28N2O/c1-4-7-14-9-11-15(12-10-14)8-5-6-13(2,3)16/h16H,4-12H2,1-3H3. The lowest BCUT2D eigenvalue weighted by atomic mass is 10.0. The van der Waals surface area contributed by atoms with Gasteiger partial charge >= 0.3 is 0 Å². The fraction of sp³-hybridized carbons (Fsp3) is 1.00. The molecule has 1 fully saturated rings. The molecule has 1 aliphatic rings. The fourth-order valence-electron chi connectivity index (χ4n) is 2.29. The lowest BCUT2D eigenvalue weighted by molar-refractivity contribution is 0.0609. The molecule has 0 bridgehead atoms. The highest BCUT2D eigenvalue weighted by atomic mass is 16.3. The number of hydrogen-bond acceptors (Lipinski definition) is 3. The zero-order chi connectivity index (χ0) is 12.0. The number of piperazine rings is 1. The van der Waals surface area contributed by atoms with Crippen molar-refractivity contribution in [3.63, 3.8) is 0 Å². The maximum atomic E-state index is 9.63. The summed E-state index contributed by atoms with van der Waals surface area (Å²) in [7, 11) is 0. The van der Waals surface area contributed by atoms with E-state index in [1.54, 1.807) is 0 Å². The Bertz CT molecular complexity index is 181. The minimum atomic E-state index is -0.496. The van der Waals surface area contributed by atoms with Gasteiger partial charge in [0.1, 0.15) is 0 Å². The van der Waals surface area contributed by atoms with Gasteiger partial charge in [-0.05, 0) is 46.2 Å². The van der Waals surface area contributed by atoms with Gasteiger partial charge in [0.15, 0.2) is 0 Å². The Labute approximate surface area is 100 Å². The summed E-state index contributed by atoms with van der Waals surface area (Å²) in [5.74, 6) is 0. The van der Waals surface area contributed by atoms with Crippen molar-refractivity contribution in [2.75, 3.05) is 39.3 Å². The van der Waals surface area contributed by atoms with Gasteiger partial charge in [-0.15, -0.1) is 0 Å². The highest BCUT2D eigenvalue weighted by Crippen LogP contribution is 2.11. The van der Waals surface area contributed by atoms with E-state index in [0.29, 0.717) is 0 Å². The molecule has 1 N–H and O–H groups in total. The van der Waals surface area contributed by atoms with Crippen molar-refractivity contribution in [2.45, 2.75) is 45.6 Å². The van der Waals surface area contributed by atoms with Crippen LogP contribution < -0.4 is 0 Å². The summed E-state index contributed by atoms with van der Waals surface area (Å²) in [6.07, 6.45) is 3.28. The van der Waals surface area contributed by atoms with Crippen molar-refractivity contribution in [1.82, 2.24) is 9.80 Å². The zero-order valence-electron chi connectivity index (χ0n) is 11.2. The maximum Gasteiger partial charge on any atom is 0.0592 e. The molecule has 0 aliphatic carbocycles. The van der Waals surface area contributed by atoms with E-state index in [-0.39, 0.29) is 0 Å². The molecule has 1 saturated heterocycles. The van der Waals surface area contributed by atoms with Gasteiger partial charge in [-0.25, -0.2) is 0 Å². The molecule has 1 heterocycles. The first-order chi connectivity index (χ1) is 7.51. The normalized spacial score (nSPS) is 20.2. The van der Waals surface area contributed by atoms with Gasteiger partial charge in [0.25, 0.3) is 0 Å². The van der Waals surface area contributed by atoms with E-state index >= 15 is 0 Å². The van der Waals surface area contributed by atoms with Gasteiger partial charge < -0.3 is 14.9 Å². The first-order valence-electron chi connectivity index (χ1n) is 6.68. The molecule has 0 aromatic rings. The Morgan fingerprint density at radius 1 is 1.00 bits per heavy atom. The summed E-state index contributed by atoms with van der Waals surface area (Å²) < 4.78 is 0. The second kappa shape index (κ2) is 6.58. The van der Waals surface area contributed by atoms with Crippen LogP contribution >= 0.6 is 0 Å². The Balaban J connectivity index is 2.08. The lowest BCUT2D eigenvalue weighted by Gasteiger charge is -2.34. The second-order valence-corrected chi connectivity index (χ2v) is 5.60. The van der Waals surface area contributed by atoms with E-state index in [1.807, 2.05) is 13.8 Å². The predicted octanol–water partition coefficient (Wildman–Crippen LogP) is 1.57. The van der Waals surface area contributed by atoms with Crippen LogP contribution in [0.15, 0.2) is 0 Å².